The molecular formula is C24H24N2O5. The lowest BCUT2D eigenvalue weighted by Crippen LogP contribution is -2.31. The predicted octanol–water partition coefficient (Wildman–Crippen LogP) is 3.47. The largest absolute Gasteiger partial charge is 0.509 e. The Hall–Kier alpha value is -3.87. The van der Waals surface area contributed by atoms with Crippen molar-refractivity contribution in [2.24, 2.45) is 4.99 Å². The van der Waals surface area contributed by atoms with Gasteiger partial charge in [-0.15, -0.1) is 0 Å². The van der Waals surface area contributed by atoms with Crippen molar-refractivity contribution in [1.29, 1.82) is 0 Å². The molecule has 1 aliphatic rings. The quantitative estimate of drug-likeness (QED) is 0.666. The number of aliphatic imine (C=N–C) groups is 1. The molecule has 7 heteroatoms. The van der Waals surface area contributed by atoms with E-state index in [0.717, 1.165) is 16.8 Å². The minimum atomic E-state index is -0.928. The van der Waals surface area contributed by atoms with Crippen LogP contribution in [0.1, 0.15) is 11.1 Å². The maximum atomic E-state index is 12.2. The highest BCUT2D eigenvalue weighted by atomic mass is 16.5. The predicted molar refractivity (Wildman–Crippen MR) is 119 cm³/mol. The van der Waals surface area contributed by atoms with Crippen molar-refractivity contribution >= 4 is 29.4 Å². The number of benzene rings is 2. The van der Waals surface area contributed by atoms with Crippen LogP contribution >= 0.6 is 0 Å². The minimum Gasteiger partial charge on any atom is -0.509 e. The zero-order valence-electron chi connectivity index (χ0n) is 17.5. The van der Waals surface area contributed by atoms with E-state index >= 15 is 0 Å². The van der Waals surface area contributed by atoms with E-state index in [-0.39, 0.29) is 17.0 Å². The number of rotatable bonds is 7. The summed E-state index contributed by atoms with van der Waals surface area (Å²) < 4.78 is 9.48. The Balaban J connectivity index is 2.05. The van der Waals surface area contributed by atoms with Crippen molar-refractivity contribution in [3.63, 3.8) is 0 Å². The number of aliphatic hydroxyl groups is 1. The second kappa shape index (κ2) is 9.75. The van der Waals surface area contributed by atoms with E-state index in [0.29, 0.717) is 0 Å². The number of nitrogens with one attached hydrogen (secondary N) is 1. The second-order valence-corrected chi connectivity index (χ2v) is 6.92. The molecule has 31 heavy (non-hydrogen) atoms. The van der Waals surface area contributed by atoms with Gasteiger partial charge in [0.1, 0.15) is 17.4 Å². The van der Waals surface area contributed by atoms with E-state index in [4.69, 9.17) is 9.47 Å². The van der Waals surface area contributed by atoms with Crippen LogP contribution in [0.15, 0.2) is 77.0 Å². The fraction of sp³-hybridized carbons (Fsp3) is 0.208. The zero-order valence-corrected chi connectivity index (χ0v) is 17.5. The monoisotopic (exact) mass is 420 g/mol. The number of nitrogens with zero attached hydrogens (tertiary/aromatic N) is 1. The van der Waals surface area contributed by atoms with Crippen LogP contribution in [0.4, 0.5) is 5.69 Å². The van der Waals surface area contributed by atoms with Crippen LogP contribution in [0.3, 0.4) is 0 Å². The fourth-order valence-corrected chi connectivity index (χ4v) is 3.26. The number of carbonyl (C=O) groups is 2. The van der Waals surface area contributed by atoms with Crippen molar-refractivity contribution in [1.82, 2.24) is 0 Å². The number of hydrogen-bond donors (Lipinski definition) is 2. The molecule has 0 saturated heterocycles. The summed E-state index contributed by atoms with van der Waals surface area (Å²) in [5.74, 6) is -2.03. The van der Waals surface area contributed by atoms with Gasteiger partial charge in [-0.2, -0.15) is 0 Å². The van der Waals surface area contributed by atoms with E-state index in [9.17, 15) is 14.7 Å². The highest BCUT2D eigenvalue weighted by molar-refractivity contribution is 6.50. The zero-order chi connectivity index (χ0) is 22.4. The third kappa shape index (κ3) is 4.83. The molecule has 2 atom stereocenters. The molecule has 7 nitrogen and oxygen atoms in total. The number of aryl methyl sites for hydroxylation is 1. The third-order valence-electron chi connectivity index (χ3n) is 4.91. The Kier molecular flexibility index (Phi) is 6.87. The van der Waals surface area contributed by atoms with Gasteiger partial charge < -0.3 is 19.9 Å². The van der Waals surface area contributed by atoms with Crippen molar-refractivity contribution in [3.8, 4) is 0 Å². The minimum absolute atomic E-state index is 0.262. The van der Waals surface area contributed by atoms with Gasteiger partial charge in [0.25, 0.3) is 0 Å². The highest BCUT2D eigenvalue weighted by Gasteiger charge is 2.40. The molecule has 0 amide bonds. The van der Waals surface area contributed by atoms with Crippen LogP contribution in [0, 0.1) is 6.92 Å². The van der Waals surface area contributed by atoms with Gasteiger partial charge in [-0.1, -0.05) is 60.7 Å². The second-order valence-electron chi connectivity index (χ2n) is 6.92. The molecule has 0 bridgehead atoms. The molecule has 1 aliphatic heterocycles. The first kappa shape index (κ1) is 21.8. The van der Waals surface area contributed by atoms with Gasteiger partial charge in [0, 0.05) is 5.69 Å². The summed E-state index contributed by atoms with van der Waals surface area (Å²) >= 11 is 0. The van der Waals surface area contributed by atoms with E-state index in [2.05, 4.69) is 10.3 Å². The summed E-state index contributed by atoms with van der Waals surface area (Å²) in [6.45, 7) is 1.95. The third-order valence-corrected chi connectivity index (χ3v) is 4.91. The van der Waals surface area contributed by atoms with E-state index in [1.54, 1.807) is 0 Å². The molecule has 1 heterocycles. The first-order valence-corrected chi connectivity index (χ1v) is 9.69. The van der Waals surface area contributed by atoms with E-state index in [1.807, 2.05) is 73.7 Å². The van der Waals surface area contributed by atoms with Gasteiger partial charge in [0.2, 0.25) is 0 Å². The first-order chi connectivity index (χ1) is 15.0. The van der Waals surface area contributed by atoms with Crippen LogP contribution in [-0.2, 0) is 19.1 Å². The van der Waals surface area contributed by atoms with Crippen LogP contribution in [0.2, 0.25) is 0 Å². The normalized spacial score (nSPS) is 16.7. The summed E-state index contributed by atoms with van der Waals surface area (Å²) in [5, 5.41) is 14.2. The number of methoxy groups -OCH3 is 2. The number of esters is 2. The Morgan fingerprint density at radius 3 is 2.32 bits per heavy atom. The number of para-hydroxylation sites is 1. The van der Waals surface area contributed by atoms with Crippen LogP contribution in [0.25, 0.3) is 6.08 Å². The molecule has 0 saturated carbocycles. The molecule has 160 valence electrons. The topological polar surface area (TPSA) is 97.2 Å². The lowest BCUT2D eigenvalue weighted by molar-refractivity contribution is -0.137. The highest BCUT2D eigenvalue weighted by Crippen LogP contribution is 2.28. The Morgan fingerprint density at radius 1 is 1.03 bits per heavy atom. The fourth-order valence-electron chi connectivity index (χ4n) is 3.26. The van der Waals surface area contributed by atoms with Crippen LogP contribution in [0.5, 0.6) is 0 Å². The molecular weight excluding hydrogens is 396 g/mol. The number of hydrogen-bond acceptors (Lipinski definition) is 7. The van der Waals surface area contributed by atoms with Crippen molar-refractivity contribution < 1.29 is 24.2 Å². The summed E-state index contributed by atoms with van der Waals surface area (Å²) in [6.07, 6.45) is 3.72. The van der Waals surface area contributed by atoms with Crippen LogP contribution in [-0.4, -0.2) is 49.1 Å². The molecule has 2 aromatic carbocycles. The number of carbonyl (C=O) groups excluding carboxylic acids is 2. The maximum absolute atomic E-state index is 12.2. The molecule has 2 aromatic rings. The molecule has 0 fully saturated rings. The molecule has 2 unspecified atom stereocenters. The Bertz CT molecular complexity index is 1060. The molecule has 0 aromatic heterocycles. The van der Waals surface area contributed by atoms with E-state index < -0.39 is 24.0 Å². The smallest absolute Gasteiger partial charge is 0.357 e. The van der Waals surface area contributed by atoms with Gasteiger partial charge in [-0.3, -0.25) is 4.99 Å². The average Bonchev–Trinajstić information content (AvgIpc) is 3.14. The number of ether oxygens (including phenoxy) is 2. The van der Waals surface area contributed by atoms with E-state index in [1.165, 1.54) is 14.2 Å². The van der Waals surface area contributed by atoms with Crippen molar-refractivity contribution in [2.75, 3.05) is 19.5 Å². The average molecular weight is 420 g/mol. The summed E-state index contributed by atoms with van der Waals surface area (Å²) in [4.78, 5) is 28.8. The lowest BCUT2D eigenvalue weighted by atomic mass is 10.0. The van der Waals surface area contributed by atoms with Gasteiger partial charge in [-0.05, 0) is 24.1 Å². The standard InChI is InChI=1S/C24H24N2O5/c1-15-9-7-8-12-17(15)25-18(14-13-16-10-5-4-6-11-16)20-22(27)19(23(28)30-2)21(26-20)24(29)31-3/h4-14,18,20,25,27H,1-3H3/b14-13+. The molecule has 0 aliphatic carbocycles. The SMILES string of the molecule is COC(=O)C1=NC(C(/C=C/c2ccccc2)Nc2ccccc2C)C(O)=C1C(=O)OC. The van der Waals surface area contributed by atoms with Gasteiger partial charge in [0.05, 0.1) is 20.3 Å². The van der Waals surface area contributed by atoms with Crippen molar-refractivity contribution in [3.05, 3.63) is 83.1 Å². The Morgan fingerprint density at radius 2 is 1.68 bits per heavy atom. The lowest BCUT2D eigenvalue weighted by Gasteiger charge is -2.22. The molecule has 2 N–H and O–H groups in total. The summed E-state index contributed by atoms with van der Waals surface area (Å²) in [5.41, 5.74) is 2.23. The van der Waals surface area contributed by atoms with Crippen LogP contribution < -0.4 is 5.32 Å². The summed E-state index contributed by atoms with van der Waals surface area (Å²) in [6, 6.07) is 15.8. The maximum Gasteiger partial charge on any atom is 0.357 e. The van der Waals surface area contributed by atoms with Gasteiger partial charge in [0.15, 0.2) is 5.71 Å². The summed E-state index contributed by atoms with van der Waals surface area (Å²) in [7, 11) is 2.35. The van der Waals surface area contributed by atoms with Gasteiger partial charge in [-0.25, -0.2) is 9.59 Å². The van der Waals surface area contributed by atoms with Gasteiger partial charge >= 0.3 is 11.9 Å². The molecule has 0 radical (unpaired) electrons. The number of anilines is 1. The Labute approximate surface area is 180 Å². The molecule has 3 rings (SSSR count). The first-order valence-electron chi connectivity index (χ1n) is 9.69. The van der Waals surface area contributed by atoms with Crippen molar-refractivity contribution in [2.45, 2.75) is 19.0 Å². The molecule has 0 spiro atoms. The number of aliphatic hydroxyl groups excluding tert-OH is 1.